The SMILES string of the molecule is CCCCCCCCCCCCCCCCCCOC(=O)C(NC(=O)OCCC)C1CCCCC1. The summed E-state index contributed by atoms with van der Waals surface area (Å²) in [7, 11) is 0. The highest BCUT2D eigenvalue weighted by molar-refractivity contribution is 5.81. The van der Waals surface area contributed by atoms with Crippen LogP contribution in [0.1, 0.15) is 155 Å². The van der Waals surface area contributed by atoms with Crippen LogP contribution >= 0.6 is 0 Å². The van der Waals surface area contributed by atoms with Gasteiger partial charge in [-0.05, 0) is 31.6 Å². The molecule has 0 saturated heterocycles. The number of hydrogen-bond donors (Lipinski definition) is 1. The van der Waals surface area contributed by atoms with Gasteiger partial charge in [-0.1, -0.05) is 129 Å². The molecule has 1 N–H and O–H groups in total. The summed E-state index contributed by atoms with van der Waals surface area (Å²) in [6.07, 6.45) is 26.9. The number of nitrogens with one attached hydrogen (secondary N) is 1. The Hall–Kier alpha value is -1.26. The maximum Gasteiger partial charge on any atom is 0.407 e. The summed E-state index contributed by atoms with van der Waals surface area (Å²) in [6, 6.07) is -0.569. The molecule has 5 nitrogen and oxygen atoms in total. The third-order valence-electron chi connectivity index (χ3n) is 7.33. The van der Waals surface area contributed by atoms with Gasteiger partial charge in [-0.15, -0.1) is 0 Å². The van der Waals surface area contributed by atoms with Gasteiger partial charge in [-0.25, -0.2) is 9.59 Å². The van der Waals surface area contributed by atoms with Gasteiger partial charge in [0, 0.05) is 0 Å². The van der Waals surface area contributed by atoms with E-state index in [2.05, 4.69) is 12.2 Å². The van der Waals surface area contributed by atoms with E-state index in [1.807, 2.05) is 6.92 Å². The van der Waals surface area contributed by atoms with Crippen LogP contribution in [0.2, 0.25) is 0 Å². The molecule has 1 rings (SSSR count). The van der Waals surface area contributed by atoms with Gasteiger partial charge in [0.1, 0.15) is 6.04 Å². The summed E-state index contributed by atoms with van der Waals surface area (Å²) in [5.41, 5.74) is 0. The van der Waals surface area contributed by atoms with E-state index >= 15 is 0 Å². The van der Waals surface area contributed by atoms with Crippen LogP contribution in [0.15, 0.2) is 0 Å². The molecule has 0 radical (unpaired) electrons. The number of amides is 1. The average Bonchev–Trinajstić information content (AvgIpc) is 2.88. The van der Waals surface area contributed by atoms with E-state index < -0.39 is 12.1 Å². The van der Waals surface area contributed by atoms with Crippen molar-refractivity contribution in [3.8, 4) is 0 Å². The van der Waals surface area contributed by atoms with Gasteiger partial charge < -0.3 is 14.8 Å². The van der Waals surface area contributed by atoms with Gasteiger partial charge in [0.15, 0.2) is 0 Å². The van der Waals surface area contributed by atoms with E-state index in [9.17, 15) is 9.59 Å². The number of rotatable bonds is 22. The molecule has 0 aromatic heterocycles. The standard InChI is InChI=1S/C30H57NO4/c1-3-5-6-7-8-9-10-11-12-13-14-15-16-17-18-22-26-34-29(32)28(27-23-20-19-21-24-27)31-30(33)35-25-4-2/h27-28H,3-26H2,1-2H3,(H,31,33). The van der Waals surface area contributed by atoms with Crippen molar-refractivity contribution in [1.29, 1.82) is 0 Å². The lowest BCUT2D eigenvalue weighted by molar-refractivity contribution is -0.148. The van der Waals surface area contributed by atoms with Gasteiger partial charge in [-0.2, -0.15) is 0 Å². The van der Waals surface area contributed by atoms with E-state index in [4.69, 9.17) is 9.47 Å². The molecule has 0 aliphatic heterocycles. The Morgan fingerprint density at radius 1 is 0.629 bits per heavy atom. The van der Waals surface area contributed by atoms with Crippen molar-refractivity contribution in [2.24, 2.45) is 5.92 Å². The zero-order valence-electron chi connectivity index (χ0n) is 23.3. The first kappa shape index (κ1) is 31.8. The lowest BCUT2D eigenvalue weighted by atomic mass is 9.84. The second-order valence-electron chi connectivity index (χ2n) is 10.6. The number of unbranched alkanes of at least 4 members (excludes halogenated alkanes) is 15. The molecule has 1 amide bonds. The van der Waals surface area contributed by atoms with Gasteiger partial charge in [0.05, 0.1) is 13.2 Å². The van der Waals surface area contributed by atoms with Crippen molar-refractivity contribution in [3.63, 3.8) is 0 Å². The zero-order valence-corrected chi connectivity index (χ0v) is 23.3. The van der Waals surface area contributed by atoms with Crippen LogP contribution in [0.25, 0.3) is 0 Å². The number of hydrogen-bond acceptors (Lipinski definition) is 4. The number of ether oxygens (including phenoxy) is 2. The smallest absolute Gasteiger partial charge is 0.407 e. The number of carbonyl (C=O) groups excluding carboxylic acids is 2. The fourth-order valence-corrected chi connectivity index (χ4v) is 5.11. The Labute approximate surface area is 216 Å². The topological polar surface area (TPSA) is 64.6 Å². The molecule has 1 unspecified atom stereocenters. The monoisotopic (exact) mass is 495 g/mol. The Bertz CT molecular complexity index is 505. The molecule has 0 spiro atoms. The first-order chi connectivity index (χ1) is 17.2. The summed E-state index contributed by atoms with van der Waals surface area (Å²) in [5.74, 6) is -0.123. The number of carbonyl (C=O) groups is 2. The van der Waals surface area contributed by atoms with Crippen molar-refractivity contribution in [2.45, 2.75) is 161 Å². The van der Waals surface area contributed by atoms with Gasteiger partial charge in [0.2, 0.25) is 0 Å². The molecular weight excluding hydrogens is 438 g/mol. The summed E-state index contributed by atoms with van der Waals surface area (Å²) in [5, 5.41) is 2.79. The largest absolute Gasteiger partial charge is 0.464 e. The molecule has 1 aliphatic carbocycles. The maximum atomic E-state index is 12.7. The van der Waals surface area contributed by atoms with E-state index in [0.717, 1.165) is 44.9 Å². The Kier molecular flexibility index (Phi) is 21.0. The third kappa shape index (κ3) is 17.8. The highest BCUT2D eigenvalue weighted by Gasteiger charge is 2.32. The molecule has 206 valence electrons. The minimum Gasteiger partial charge on any atom is -0.464 e. The first-order valence-electron chi connectivity index (χ1n) is 15.3. The number of alkyl carbamates (subject to hydrolysis) is 1. The minimum atomic E-state index is -0.569. The van der Waals surface area contributed by atoms with E-state index in [1.165, 1.54) is 96.3 Å². The van der Waals surface area contributed by atoms with E-state index in [-0.39, 0.29) is 11.9 Å². The van der Waals surface area contributed by atoms with E-state index in [0.29, 0.717) is 13.2 Å². The molecule has 35 heavy (non-hydrogen) atoms. The Balaban J connectivity index is 2.02. The van der Waals surface area contributed by atoms with Crippen molar-refractivity contribution >= 4 is 12.1 Å². The zero-order chi connectivity index (χ0) is 25.4. The van der Waals surface area contributed by atoms with Crippen molar-refractivity contribution in [1.82, 2.24) is 5.32 Å². The lowest BCUT2D eigenvalue weighted by Crippen LogP contribution is -2.47. The normalized spacial score (nSPS) is 15.0. The molecule has 1 saturated carbocycles. The summed E-state index contributed by atoms with van der Waals surface area (Å²) < 4.78 is 10.7. The molecule has 0 aromatic rings. The predicted octanol–water partition coefficient (Wildman–Crippen LogP) is 8.88. The second kappa shape index (κ2) is 23.2. The van der Waals surface area contributed by atoms with Crippen molar-refractivity contribution in [2.75, 3.05) is 13.2 Å². The highest BCUT2D eigenvalue weighted by Crippen LogP contribution is 2.27. The molecule has 1 aliphatic rings. The van der Waals surface area contributed by atoms with Crippen LogP contribution in [0.5, 0.6) is 0 Å². The van der Waals surface area contributed by atoms with Crippen LogP contribution < -0.4 is 5.32 Å². The summed E-state index contributed by atoms with van der Waals surface area (Å²) in [6.45, 7) is 5.06. The van der Waals surface area contributed by atoms with Crippen LogP contribution in [0, 0.1) is 5.92 Å². The molecule has 5 heteroatoms. The fourth-order valence-electron chi connectivity index (χ4n) is 5.11. The molecule has 1 fully saturated rings. The quantitative estimate of drug-likeness (QED) is 0.120. The third-order valence-corrected chi connectivity index (χ3v) is 7.33. The van der Waals surface area contributed by atoms with Crippen molar-refractivity contribution < 1.29 is 19.1 Å². The number of esters is 1. The Morgan fingerprint density at radius 3 is 1.60 bits per heavy atom. The molecular formula is C30H57NO4. The van der Waals surface area contributed by atoms with Gasteiger partial charge >= 0.3 is 12.1 Å². The molecule has 0 heterocycles. The maximum absolute atomic E-state index is 12.7. The van der Waals surface area contributed by atoms with Gasteiger partial charge in [-0.3, -0.25) is 0 Å². The minimum absolute atomic E-state index is 0.163. The summed E-state index contributed by atoms with van der Waals surface area (Å²) in [4.78, 5) is 24.8. The van der Waals surface area contributed by atoms with Crippen LogP contribution in [-0.2, 0) is 14.3 Å². The van der Waals surface area contributed by atoms with E-state index in [1.54, 1.807) is 0 Å². The molecule has 0 bridgehead atoms. The highest BCUT2D eigenvalue weighted by atomic mass is 16.6. The van der Waals surface area contributed by atoms with Gasteiger partial charge in [0.25, 0.3) is 0 Å². The van der Waals surface area contributed by atoms with Crippen LogP contribution in [0.4, 0.5) is 4.79 Å². The molecule has 1 atom stereocenters. The molecule has 0 aromatic carbocycles. The van der Waals surface area contributed by atoms with Crippen molar-refractivity contribution in [3.05, 3.63) is 0 Å². The fraction of sp³-hybridized carbons (Fsp3) is 0.933. The second-order valence-corrected chi connectivity index (χ2v) is 10.6. The van der Waals surface area contributed by atoms with Crippen LogP contribution in [-0.4, -0.2) is 31.3 Å². The lowest BCUT2D eigenvalue weighted by Gasteiger charge is -2.29. The predicted molar refractivity (Wildman–Crippen MR) is 146 cm³/mol. The summed E-state index contributed by atoms with van der Waals surface area (Å²) >= 11 is 0. The van der Waals surface area contributed by atoms with Crippen LogP contribution in [0.3, 0.4) is 0 Å². The first-order valence-corrected chi connectivity index (χ1v) is 15.3. The Morgan fingerprint density at radius 2 is 1.11 bits per heavy atom. The average molecular weight is 496 g/mol.